The summed E-state index contributed by atoms with van der Waals surface area (Å²) in [7, 11) is 0. The summed E-state index contributed by atoms with van der Waals surface area (Å²) in [4.78, 5) is 24.0. The number of ether oxygens (including phenoxy) is 2. The summed E-state index contributed by atoms with van der Waals surface area (Å²) in [6.45, 7) is 4.25. The minimum Gasteiger partial charge on any atom is -0.463 e. The van der Waals surface area contributed by atoms with Gasteiger partial charge in [-0.05, 0) is 77.0 Å². The summed E-state index contributed by atoms with van der Waals surface area (Å²) in [5.41, 5.74) is 0. The molecular formula is C45H80O5. The number of carbonyl (C=O) groups is 2. The third-order valence-corrected chi connectivity index (χ3v) is 9.04. The molecule has 0 aromatic carbocycles. The lowest BCUT2D eigenvalue weighted by Crippen LogP contribution is -2.25. The zero-order valence-corrected chi connectivity index (χ0v) is 32.9. The van der Waals surface area contributed by atoms with Gasteiger partial charge in [0.2, 0.25) is 0 Å². The number of unbranched alkanes of at least 4 members (excludes halogenated alkanes) is 22. The first-order valence-corrected chi connectivity index (χ1v) is 21.2. The Bertz CT molecular complexity index is 842. The number of esters is 2. The predicted molar refractivity (Wildman–Crippen MR) is 214 cm³/mol. The summed E-state index contributed by atoms with van der Waals surface area (Å²) in [6, 6.07) is 0. The highest BCUT2D eigenvalue weighted by Gasteiger charge is 2.12. The average Bonchev–Trinajstić information content (AvgIpc) is 3.12. The Balaban J connectivity index is 3.47. The molecule has 0 aromatic rings. The molecule has 0 aliphatic heterocycles. The van der Waals surface area contributed by atoms with Crippen LogP contribution < -0.4 is 0 Å². The Labute approximate surface area is 309 Å². The zero-order valence-electron chi connectivity index (χ0n) is 32.9. The maximum Gasteiger partial charge on any atom is 0.305 e. The molecule has 290 valence electrons. The Hall–Kier alpha value is -2.14. The number of rotatable bonds is 38. The van der Waals surface area contributed by atoms with E-state index >= 15 is 0 Å². The molecule has 50 heavy (non-hydrogen) atoms. The van der Waals surface area contributed by atoms with Gasteiger partial charge in [-0.15, -0.1) is 0 Å². The van der Waals surface area contributed by atoms with Gasteiger partial charge >= 0.3 is 11.9 Å². The molecule has 0 unspecified atom stereocenters. The van der Waals surface area contributed by atoms with Gasteiger partial charge in [0.05, 0.1) is 0 Å². The van der Waals surface area contributed by atoms with Gasteiger partial charge in [0, 0.05) is 12.8 Å². The third-order valence-electron chi connectivity index (χ3n) is 9.04. The molecule has 0 bridgehead atoms. The van der Waals surface area contributed by atoms with E-state index in [2.05, 4.69) is 62.5 Å². The van der Waals surface area contributed by atoms with E-state index < -0.39 is 6.10 Å². The molecule has 5 heteroatoms. The van der Waals surface area contributed by atoms with E-state index in [0.29, 0.717) is 12.8 Å². The highest BCUT2D eigenvalue weighted by Crippen LogP contribution is 2.13. The van der Waals surface area contributed by atoms with E-state index in [0.717, 1.165) is 64.2 Å². The van der Waals surface area contributed by atoms with Crippen LogP contribution in [0.2, 0.25) is 0 Å². The van der Waals surface area contributed by atoms with E-state index in [1.165, 1.54) is 116 Å². The average molecular weight is 701 g/mol. The summed E-state index contributed by atoms with van der Waals surface area (Å²) < 4.78 is 10.3. The molecule has 0 fully saturated rings. The second-order valence-electron chi connectivity index (χ2n) is 14.1. The molecule has 0 amide bonds. The summed E-state index contributed by atoms with van der Waals surface area (Å²) >= 11 is 0. The molecule has 0 saturated heterocycles. The molecule has 0 spiro atoms. The van der Waals surface area contributed by atoms with E-state index in [1.807, 2.05) is 0 Å². The van der Waals surface area contributed by atoms with Crippen molar-refractivity contribution >= 4 is 11.9 Å². The van der Waals surface area contributed by atoms with E-state index in [1.54, 1.807) is 0 Å². The van der Waals surface area contributed by atoms with Crippen LogP contribution in [0.4, 0.5) is 0 Å². The number of aliphatic hydroxyl groups is 1. The van der Waals surface area contributed by atoms with E-state index in [4.69, 9.17) is 9.47 Å². The van der Waals surface area contributed by atoms with Crippen molar-refractivity contribution in [1.29, 1.82) is 0 Å². The topological polar surface area (TPSA) is 72.8 Å². The van der Waals surface area contributed by atoms with Crippen molar-refractivity contribution in [2.24, 2.45) is 0 Å². The van der Waals surface area contributed by atoms with Gasteiger partial charge < -0.3 is 14.6 Å². The van der Waals surface area contributed by atoms with Crippen LogP contribution in [0, 0.1) is 0 Å². The Kier molecular flexibility index (Phi) is 39.5. The van der Waals surface area contributed by atoms with Crippen molar-refractivity contribution in [1.82, 2.24) is 0 Å². The summed E-state index contributed by atoms with van der Waals surface area (Å²) in [5, 5.41) is 10.0. The van der Waals surface area contributed by atoms with Gasteiger partial charge in [0.15, 0.2) is 0 Å². The molecule has 0 heterocycles. The van der Waals surface area contributed by atoms with Crippen LogP contribution >= 0.6 is 0 Å². The normalized spacial score (nSPS) is 12.6. The monoisotopic (exact) mass is 701 g/mol. The molecule has 1 atom stereocenters. The minimum absolute atomic E-state index is 0.124. The van der Waals surface area contributed by atoms with Gasteiger partial charge in [-0.3, -0.25) is 9.59 Å². The van der Waals surface area contributed by atoms with Gasteiger partial charge in [-0.2, -0.15) is 0 Å². The number of carbonyl (C=O) groups excluding carboxylic acids is 2. The lowest BCUT2D eigenvalue weighted by atomic mass is 10.1. The summed E-state index contributed by atoms with van der Waals surface area (Å²) in [5.74, 6) is -0.590. The van der Waals surface area contributed by atoms with Crippen LogP contribution in [0.1, 0.15) is 206 Å². The largest absolute Gasteiger partial charge is 0.463 e. The first-order chi connectivity index (χ1) is 24.6. The first kappa shape index (κ1) is 47.9. The fourth-order valence-electron chi connectivity index (χ4n) is 5.79. The quantitative estimate of drug-likeness (QED) is 0.0394. The highest BCUT2D eigenvalue weighted by atomic mass is 16.6. The Morgan fingerprint density at radius 3 is 1.10 bits per heavy atom. The molecule has 0 aliphatic carbocycles. The second kappa shape index (κ2) is 41.3. The number of aliphatic hydroxyl groups excluding tert-OH is 1. The standard InChI is InChI=1S/C45H80O5/c1-3-5-7-9-11-13-15-17-19-21-22-24-26-28-30-32-34-36-38-40-45(48)50-42-43(46)41-49-44(47)39-37-35-33-31-29-27-25-23-20-18-16-14-12-10-8-6-4-2/h12,14,17-20,25,27,43,46H,3-11,13,15-16,21-24,26,28-42H2,1-2H3/b14-12-,19-17-,20-18-,27-25-/t43-/m0/s1. The molecule has 0 aliphatic rings. The third kappa shape index (κ3) is 40.3. The maximum atomic E-state index is 12.0. The number of hydrogen-bond acceptors (Lipinski definition) is 5. The van der Waals surface area contributed by atoms with Gasteiger partial charge in [-0.25, -0.2) is 0 Å². The van der Waals surface area contributed by atoms with Crippen molar-refractivity contribution in [2.45, 2.75) is 213 Å². The minimum atomic E-state index is -0.974. The fourth-order valence-corrected chi connectivity index (χ4v) is 5.79. The van der Waals surface area contributed by atoms with Crippen LogP contribution in [-0.2, 0) is 19.1 Å². The second-order valence-corrected chi connectivity index (χ2v) is 14.1. The fraction of sp³-hybridized carbons (Fsp3) is 0.778. The van der Waals surface area contributed by atoms with Gasteiger partial charge in [0.1, 0.15) is 19.3 Å². The zero-order chi connectivity index (χ0) is 36.4. The maximum absolute atomic E-state index is 12.0. The molecule has 0 saturated carbocycles. The van der Waals surface area contributed by atoms with Crippen LogP contribution in [0.15, 0.2) is 48.6 Å². The van der Waals surface area contributed by atoms with Crippen molar-refractivity contribution in [3.63, 3.8) is 0 Å². The number of allylic oxidation sites excluding steroid dienone is 8. The lowest BCUT2D eigenvalue weighted by Gasteiger charge is -2.12. The molecule has 0 aromatic heterocycles. The van der Waals surface area contributed by atoms with Crippen LogP contribution in [-0.4, -0.2) is 36.4 Å². The van der Waals surface area contributed by atoms with Gasteiger partial charge in [-0.1, -0.05) is 165 Å². The van der Waals surface area contributed by atoms with E-state index in [9.17, 15) is 14.7 Å². The van der Waals surface area contributed by atoms with Crippen molar-refractivity contribution in [3.05, 3.63) is 48.6 Å². The predicted octanol–water partition coefficient (Wildman–Crippen LogP) is 13.4. The van der Waals surface area contributed by atoms with Crippen LogP contribution in [0.3, 0.4) is 0 Å². The van der Waals surface area contributed by atoms with Crippen LogP contribution in [0.5, 0.6) is 0 Å². The van der Waals surface area contributed by atoms with E-state index in [-0.39, 0.29) is 25.2 Å². The van der Waals surface area contributed by atoms with Crippen molar-refractivity contribution < 1.29 is 24.2 Å². The van der Waals surface area contributed by atoms with Crippen molar-refractivity contribution in [3.8, 4) is 0 Å². The lowest BCUT2D eigenvalue weighted by molar-refractivity contribution is -0.152. The first-order valence-electron chi connectivity index (χ1n) is 21.2. The van der Waals surface area contributed by atoms with Crippen molar-refractivity contribution in [2.75, 3.05) is 13.2 Å². The summed E-state index contributed by atoms with van der Waals surface area (Å²) in [6.07, 6.45) is 51.7. The molecule has 1 N–H and O–H groups in total. The Morgan fingerprint density at radius 1 is 0.420 bits per heavy atom. The SMILES string of the molecule is CCCCC/C=C\C/C=C\C/C=C\CCCCCCC(=O)OC[C@H](O)COC(=O)CCCCCCCCCCC/C=C\CCCCCCCC. The smallest absolute Gasteiger partial charge is 0.305 e. The Morgan fingerprint density at radius 2 is 0.700 bits per heavy atom. The highest BCUT2D eigenvalue weighted by molar-refractivity contribution is 5.69. The molecule has 0 rings (SSSR count). The van der Waals surface area contributed by atoms with Crippen LogP contribution in [0.25, 0.3) is 0 Å². The molecule has 5 nitrogen and oxygen atoms in total. The van der Waals surface area contributed by atoms with Gasteiger partial charge in [0.25, 0.3) is 0 Å². The molecule has 0 radical (unpaired) electrons. The molecular weight excluding hydrogens is 620 g/mol. The number of hydrogen-bond donors (Lipinski definition) is 1.